The number of anilines is 1. The first-order valence-corrected chi connectivity index (χ1v) is 4.98. The van der Waals surface area contributed by atoms with Gasteiger partial charge in [-0.3, -0.25) is 4.79 Å². The number of carbonyl (C=O) groups excluding carboxylic acids is 1. The Bertz CT molecular complexity index is 332. The van der Waals surface area contributed by atoms with Crippen molar-refractivity contribution in [3.8, 4) is 0 Å². The lowest BCUT2D eigenvalue weighted by Crippen LogP contribution is -2.39. The Morgan fingerprint density at radius 3 is 3.07 bits per heavy atom. The quantitative estimate of drug-likeness (QED) is 0.766. The van der Waals surface area contributed by atoms with Gasteiger partial charge in [0.15, 0.2) is 5.82 Å². The molecule has 82 valence electrons. The van der Waals surface area contributed by atoms with E-state index in [2.05, 4.69) is 20.7 Å². The minimum atomic E-state index is -0.197. The van der Waals surface area contributed by atoms with Crippen LogP contribution in [0.25, 0.3) is 0 Å². The summed E-state index contributed by atoms with van der Waals surface area (Å²) in [5, 5.41) is 12.3. The fourth-order valence-corrected chi connectivity index (χ4v) is 1.50. The summed E-state index contributed by atoms with van der Waals surface area (Å²) in [7, 11) is 0. The van der Waals surface area contributed by atoms with Crippen LogP contribution < -0.4 is 5.32 Å². The Labute approximate surface area is 87.4 Å². The maximum Gasteiger partial charge on any atom is 0.251 e. The minimum absolute atomic E-state index is 0.0728. The number of H-pyrrole nitrogens is 1. The van der Waals surface area contributed by atoms with Crippen molar-refractivity contribution in [2.45, 2.75) is 31.8 Å². The molecule has 0 bridgehead atoms. The maximum absolute atomic E-state index is 11.4. The van der Waals surface area contributed by atoms with E-state index in [0.717, 1.165) is 12.8 Å². The Morgan fingerprint density at radius 2 is 2.53 bits per heavy atom. The van der Waals surface area contributed by atoms with E-state index in [1.807, 2.05) is 6.92 Å². The van der Waals surface area contributed by atoms with E-state index < -0.39 is 0 Å². The molecule has 2 N–H and O–H groups in total. The van der Waals surface area contributed by atoms with Crippen molar-refractivity contribution in [2.24, 2.45) is 0 Å². The van der Waals surface area contributed by atoms with Crippen LogP contribution in [0.15, 0.2) is 6.20 Å². The standard InChI is InChI=1S/C9H14N4O2/c1-9(3-2-4-9)15-6-8(14)11-7-5-10-13-12-7/h5H,2-4,6H2,1H3,(H2,10,11,12,13,14). The van der Waals surface area contributed by atoms with Gasteiger partial charge in [0, 0.05) is 0 Å². The largest absolute Gasteiger partial charge is 0.365 e. The van der Waals surface area contributed by atoms with E-state index >= 15 is 0 Å². The number of nitrogens with zero attached hydrogens (tertiary/aromatic N) is 2. The van der Waals surface area contributed by atoms with Gasteiger partial charge in [-0.15, -0.1) is 5.10 Å². The van der Waals surface area contributed by atoms with Crippen LogP contribution in [0.5, 0.6) is 0 Å². The van der Waals surface area contributed by atoms with E-state index in [-0.39, 0.29) is 18.1 Å². The van der Waals surface area contributed by atoms with Crippen molar-refractivity contribution < 1.29 is 9.53 Å². The summed E-state index contributed by atoms with van der Waals surface area (Å²) in [5.41, 5.74) is -0.0961. The molecule has 1 fully saturated rings. The first kappa shape index (κ1) is 10.1. The molecular weight excluding hydrogens is 196 g/mol. The fraction of sp³-hybridized carbons (Fsp3) is 0.667. The van der Waals surface area contributed by atoms with E-state index in [9.17, 15) is 4.79 Å². The molecule has 0 spiro atoms. The molecule has 1 amide bonds. The minimum Gasteiger partial charge on any atom is -0.365 e. The van der Waals surface area contributed by atoms with Gasteiger partial charge in [-0.1, -0.05) is 0 Å². The summed E-state index contributed by atoms with van der Waals surface area (Å²) in [6, 6.07) is 0. The number of rotatable bonds is 4. The second-order valence-electron chi connectivity index (χ2n) is 4.00. The predicted octanol–water partition coefficient (Wildman–Crippen LogP) is 0.702. The first-order chi connectivity index (χ1) is 7.18. The van der Waals surface area contributed by atoms with Gasteiger partial charge in [0.05, 0.1) is 11.8 Å². The normalized spacial score (nSPS) is 18.2. The van der Waals surface area contributed by atoms with Crippen LogP contribution in [0.4, 0.5) is 5.82 Å². The highest BCUT2D eigenvalue weighted by Crippen LogP contribution is 2.34. The molecular formula is C9H14N4O2. The van der Waals surface area contributed by atoms with Crippen LogP contribution in [0.2, 0.25) is 0 Å². The number of aromatic nitrogens is 3. The Kier molecular flexibility index (Phi) is 2.68. The zero-order valence-electron chi connectivity index (χ0n) is 8.62. The van der Waals surface area contributed by atoms with Gasteiger partial charge in [0.25, 0.3) is 5.91 Å². The summed E-state index contributed by atoms with van der Waals surface area (Å²) in [6.07, 6.45) is 4.69. The molecule has 1 heterocycles. The Hall–Kier alpha value is -1.43. The highest BCUT2D eigenvalue weighted by atomic mass is 16.5. The van der Waals surface area contributed by atoms with Gasteiger partial charge in [0.1, 0.15) is 6.61 Å². The summed E-state index contributed by atoms with van der Waals surface area (Å²) in [4.78, 5) is 11.4. The first-order valence-electron chi connectivity index (χ1n) is 4.98. The van der Waals surface area contributed by atoms with Gasteiger partial charge in [-0.05, 0) is 26.2 Å². The third kappa shape index (κ3) is 2.53. The van der Waals surface area contributed by atoms with E-state index in [1.54, 1.807) is 0 Å². The van der Waals surface area contributed by atoms with Crippen molar-refractivity contribution in [3.05, 3.63) is 6.20 Å². The third-order valence-electron chi connectivity index (χ3n) is 2.65. The van der Waals surface area contributed by atoms with Gasteiger partial charge < -0.3 is 10.1 Å². The highest BCUT2D eigenvalue weighted by molar-refractivity contribution is 5.90. The maximum atomic E-state index is 11.4. The molecule has 1 aromatic heterocycles. The van der Waals surface area contributed by atoms with Crippen molar-refractivity contribution in [1.82, 2.24) is 15.4 Å². The molecule has 6 heteroatoms. The summed E-state index contributed by atoms with van der Waals surface area (Å²) < 4.78 is 5.51. The average Bonchev–Trinajstić information content (AvgIpc) is 2.64. The van der Waals surface area contributed by atoms with Crippen molar-refractivity contribution in [2.75, 3.05) is 11.9 Å². The second kappa shape index (κ2) is 3.98. The number of carbonyl (C=O) groups is 1. The molecule has 1 aromatic rings. The number of nitrogens with one attached hydrogen (secondary N) is 2. The van der Waals surface area contributed by atoms with Crippen LogP contribution >= 0.6 is 0 Å². The smallest absolute Gasteiger partial charge is 0.251 e. The van der Waals surface area contributed by atoms with Crippen LogP contribution in [0, 0.1) is 0 Å². The predicted molar refractivity (Wildman–Crippen MR) is 53.2 cm³/mol. The monoisotopic (exact) mass is 210 g/mol. The molecule has 1 aliphatic rings. The molecule has 1 saturated carbocycles. The Balaban J connectivity index is 1.73. The lowest BCUT2D eigenvalue weighted by molar-refractivity contribution is -0.134. The summed E-state index contributed by atoms with van der Waals surface area (Å²) in [5.74, 6) is 0.222. The highest BCUT2D eigenvalue weighted by Gasteiger charge is 2.33. The van der Waals surface area contributed by atoms with Crippen LogP contribution in [-0.2, 0) is 9.53 Å². The SMILES string of the molecule is CC1(OCC(=O)Nc2cn[nH]n2)CCC1. The molecule has 1 aliphatic carbocycles. The van der Waals surface area contributed by atoms with Gasteiger partial charge in [-0.25, -0.2) is 0 Å². The topological polar surface area (TPSA) is 79.9 Å². The Morgan fingerprint density at radius 1 is 1.73 bits per heavy atom. The molecule has 2 rings (SSSR count). The number of amides is 1. The molecule has 0 atom stereocenters. The number of aromatic amines is 1. The molecule has 0 saturated heterocycles. The van der Waals surface area contributed by atoms with Crippen molar-refractivity contribution in [3.63, 3.8) is 0 Å². The van der Waals surface area contributed by atoms with E-state index in [1.165, 1.54) is 12.6 Å². The third-order valence-corrected chi connectivity index (χ3v) is 2.65. The molecule has 0 aliphatic heterocycles. The lowest BCUT2D eigenvalue weighted by Gasteiger charge is -2.37. The zero-order valence-corrected chi connectivity index (χ0v) is 8.62. The van der Waals surface area contributed by atoms with E-state index in [4.69, 9.17) is 4.74 Å². The van der Waals surface area contributed by atoms with Crippen LogP contribution in [0.1, 0.15) is 26.2 Å². The zero-order chi connectivity index (χ0) is 10.7. The van der Waals surface area contributed by atoms with Gasteiger partial charge >= 0.3 is 0 Å². The lowest BCUT2D eigenvalue weighted by atomic mass is 9.82. The summed E-state index contributed by atoms with van der Waals surface area (Å²) in [6.45, 7) is 2.10. The van der Waals surface area contributed by atoms with Crippen LogP contribution in [0.3, 0.4) is 0 Å². The average molecular weight is 210 g/mol. The molecule has 0 radical (unpaired) electrons. The van der Waals surface area contributed by atoms with E-state index in [0.29, 0.717) is 5.82 Å². The van der Waals surface area contributed by atoms with Gasteiger partial charge in [-0.2, -0.15) is 10.3 Å². The fourth-order valence-electron chi connectivity index (χ4n) is 1.50. The van der Waals surface area contributed by atoms with Crippen molar-refractivity contribution in [1.29, 1.82) is 0 Å². The van der Waals surface area contributed by atoms with Gasteiger partial charge in [0.2, 0.25) is 0 Å². The summed E-state index contributed by atoms with van der Waals surface area (Å²) >= 11 is 0. The number of ether oxygens (including phenoxy) is 1. The molecule has 0 aromatic carbocycles. The molecule has 0 unspecified atom stereocenters. The number of hydrogen-bond acceptors (Lipinski definition) is 4. The number of hydrogen-bond donors (Lipinski definition) is 2. The van der Waals surface area contributed by atoms with Crippen LogP contribution in [-0.4, -0.2) is 33.5 Å². The van der Waals surface area contributed by atoms with Crippen molar-refractivity contribution >= 4 is 11.7 Å². The molecule has 15 heavy (non-hydrogen) atoms. The molecule has 6 nitrogen and oxygen atoms in total. The second-order valence-corrected chi connectivity index (χ2v) is 4.00.